The highest BCUT2D eigenvalue weighted by molar-refractivity contribution is 7.89. The maximum Gasteiger partial charge on any atom is 0.244 e. The van der Waals surface area contributed by atoms with Crippen LogP contribution in [0.3, 0.4) is 0 Å². The van der Waals surface area contributed by atoms with Crippen molar-refractivity contribution < 1.29 is 13.5 Å². The lowest BCUT2D eigenvalue weighted by molar-refractivity contribution is 0.449. The quantitative estimate of drug-likeness (QED) is 0.789. The molecule has 116 valence electrons. The van der Waals surface area contributed by atoms with Crippen molar-refractivity contribution in [1.29, 1.82) is 0 Å². The van der Waals surface area contributed by atoms with Crippen molar-refractivity contribution >= 4 is 22.4 Å². The highest BCUT2D eigenvalue weighted by Crippen LogP contribution is 2.33. The topological polar surface area (TPSA) is 92.4 Å². The van der Waals surface area contributed by atoms with Crippen molar-refractivity contribution in [2.24, 2.45) is 5.73 Å². The largest absolute Gasteiger partial charge is 0.506 e. The summed E-state index contributed by atoms with van der Waals surface area (Å²) in [6, 6.07) is 3.26. The molecule has 5 nitrogen and oxygen atoms in total. The normalized spacial score (nSPS) is 12.1. The number of sulfonamides is 1. The zero-order chi connectivity index (χ0) is 14.8. The lowest BCUT2D eigenvalue weighted by Crippen LogP contribution is -2.24. The lowest BCUT2D eigenvalue weighted by atomic mass is 9.86. The van der Waals surface area contributed by atoms with Gasteiger partial charge in [0.2, 0.25) is 10.0 Å². The minimum absolute atomic E-state index is 0. The summed E-state index contributed by atoms with van der Waals surface area (Å²) < 4.78 is 26.6. The minimum atomic E-state index is -3.71. The van der Waals surface area contributed by atoms with Gasteiger partial charge in [-0.25, -0.2) is 13.1 Å². The van der Waals surface area contributed by atoms with E-state index >= 15 is 0 Å². The van der Waals surface area contributed by atoms with Gasteiger partial charge >= 0.3 is 0 Å². The molecule has 20 heavy (non-hydrogen) atoms. The predicted molar refractivity (Wildman–Crippen MR) is 82.8 cm³/mol. The molecule has 0 heterocycles. The Balaban J connectivity index is 0.00000361. The Morgan fingerprint density at radius 3 is 2.25 bits per heavy atom. The lowest BCUT2D eigenvalue weighted by Gasteiger charge is -2.22. The van der Waals surface area contributed by atoms with Gasteiger partial charge in [0.1, 0.15) is 10.6 Å². The summed E-state index contributed by atoms with van der Waals surface area (Å²) in [4.78, 5) is -0.109. The summed E-state index contributed by atoms with van der Waals surface area (Å²) in [6.07, 6.45) is 0. The Kier molecular flexibility index (Phi) is 6.48. The molecule has 0 atom stereocenters. The van der Waals surface area contributed by atoms with Crippen LogP contribution in [-0.4, -0.2) is 20.1 Å². The van der Waals surface area contributed by atoms with E-state index in [9.17, 15) is 13.5 Å². The molecule has 0 aliphatic carbocycles. The van der Waals surface area contributed by atoms with Crippen molar-refractivity contribution in [3.63, 3.8) is 0 Å². The highest BCUT2D eigenvalue weighted by atomic mass is 35.5. The summed E-state index contributed by atoms with van der Waals surface area (Å²) >= 11 is 0. The first-order valence-corrected chi connectivity index (χ1v) is 7.68. The van der Waals surface area contributed by atoms with Crippen LogP contribution in [0.4, 0.5) is 0 Å². The van der Waals surface area contributed by atoms with Crippen LogP contribution in [0, 0.1) is 0 Å². The van der Waals surface area contributed by atoms with Crippen molar-refractivity contribution in [1.82, 2.24) is 4.72 Å². The van der Waals surface area contributed by atoms with E-state index < -0.39 is 10.0 Å². The van der Waals surface area contributed by atoms with Crippen molar-refractivity contribution in [2.75, 3.05) is 6.54 Å². The van der Waals surface area contributed by atoms with Gasteiger partial charge in [0.05, 0.1) is 0 Å². The van der Waals surface area contributed by atoms with E-state index in [1.807, 2.05) is 20.8 Å². The van der Waals surface area contributed by atoms with Crippen LogP contribution < -0.4 is 10.5 Å². The average Bonchev–Trinajstić information content (AvgIpc) is 2.27. The number of rotatable bonds is 4. The second-order valence-electron chi connectivity index (χ2n) is 5.44. The number of phenolic OH excluding ortho intramolecular Hbond substituents is 1. The molecule has 0 saturated carbocycles. The number of nitrogens with one attached hydrogen (secondary N) is 1. The Morgan fingerprint density at radius 1 is 1.30 bits per heavy atom. The molecule has 7 heteroatoms. The molecule has 1 rings (SSSR count). The molecule has 4 N–H and O–H groups in total. The molecule has 1 aromatic carbocycles. The molecule has 0 amide bonds. The van der Waals surface area contributed by atoms with Crippen LogP contribution in [0.25, 0.3) is 0 Å². The summed E-state index contributed by atoms with van der Waals surface area (Å²) in [5.74, 6) is -0.267. The Hall–Kier alpha value is -0.820. The maximum absolute atomic E-state index is 12.1. The molecule has 0 radical (unpaired) electrons. The third kappa shape index (κ3) is 4.09. The fourth-order valence-corrected chi connectivity index (χ4v) is 2.93. The number of hydrogen-bond donors (Lipinski definition) is 3. The first kappa shape index (κ1) is 19.2. The molecule has 0 spiro atoms. The van der Waals surface area contributed by atoms with E-state index in [1.54, 1.807) is 13.0 Å². The SMILES string of the molecule is CCNS(=O)(=O)c1cc(C(C)(C)C)cc(CN)c1O.Cl. The van der Waals surface area contributed by atoms with Crippen LogP contribution in [0.1, 0.15) is 38.8 Å². The fraction of sp³-hybridized carbons (Fsp3) is 0.538. The molecule has 0 aliphatic rings. The van der Waals surface area contributed by atoms with E-state index in [2.05, 4.69) is 4.72 Å². The zero-order valence-electron chi connectivity index (χ0n) is 12.2. The number of benzene rings is 1. The summed E-state index contributed by atoms with van der Waals surface area (Å²) in [5.41, 5.74) is 6.60. The average molecular weight is 323 g/mol. The minimum Gasteiger partial charge on any atom is -0.506 e. The van der Waals surface area contributed by atoms with Crippen LogP contribution in [-0.2, 0) is 22.0 Å². The van der Waals surface area contributed by atoms with Gasteiger partial charge in [-0.05, 0) is 17.0 Å². The van der Waals surface area contributed by atoms with Crippen molar-refractivity contribution in [3.8, 4) is 5.75 Å². The number of nitrogens with two attached hydrogens (primary N) is 1. The van der Waals surface area contributed by atoms with Crippen LogP contribution in [0.15, 0.2) is 17.0 Å². The molecule has 0 fully saturated rings. The number of hydrogen-bond acceptors (Lipinski definition) is 4. The molecule has 0 saturated heterocycles. The van der Waals surface area contributed by atoms with Crippen LogP contribution in [0.5, 0.6) is 5.75 Å². The van der Waals surface area contributed by atoms with Crippen molar-refractivity contribution in [2.45, 2.75) is 44.6 Å². The van der Waals surface area contributed by atoms with Gasteiger partial charge in [-0.15, -0.1) is 12.4 Å². The molecule has 1 aromatic rings. The fourth-order valence-electron chi connectivity index (χ4n) is 1.73. The van der Waals surface area contributed by atoms with E-state index in [4.69, 9.17) is 5.73 Å². The molecule has 0 aromatic heterocycles. The van der Waals surface area contributed by atoms with Gasteiger partial charge in [-0.1, -0.05) is 33.8 Å². The second-order valence-corrected chi connectivity index (χ2v) is 7.17. The Labute approximate surface area is 127 Å². The van der Waals surface area contributed by atoms with Crippen molar-refractivity contribution in [3.05, 3.63) is 23.3 Å². The number of aromatic hydroxyl groups is 1. The van der Waals surface area contributed by atoms with Gasteiger partial charge in [-0.3, -0.25) is 0 Å². The Morgan fingerprint density at radius 2 is 1.85 bits per heavy atom. The standard InChI is InChI=1S/C13H22N2O3S.ClH/c1-5-15-19(17,18)11-7-10(13(2,3)4)6-9(8-14)12(11)16;/h6-7,15-16H,5,8,14H2,1-4H3;1H. The first-order chi connectivity index (χ1) is 8.63. The van der Waals surface area contributed by atoms with Crippen LogP contribution in [0.2, 0.25) is 0 Å². The molecule has 0 aliphatic heterocycles. The van der Waals surface area contributed by atoms with Gasteiger partial charge in [0, 0.05) is 18.7 Å². The smallest absolute Gasteiger partial charge is 0.244 e. The van der Waals surface area contributed by atoms with E-state index in [0.29, 0.717) is 5.56 Å². The van der Waals surface area contributed by atoms with E-state index in [-0.39, 0.29) is 41.6 Å². The van der Waals surface area contributed by atoms with Gasteiger partial charge in [0.15, 0.2) is 0 Å². The summed E-state index contributed by atoms with van der Waals surface area (Å²) in [5, 5.41) is 10.0. The molecular formula is C13H23ClN2O3S. The summed E-state index contributed by atoms with van der Waals surface area (Å²) in [7, 11) is -3.71. The molecular weight excluding hydrogens is 300 g/mol. The molecule has 0 bridgehead atoms. The third-order valence-electron chi connectivity index (χ3n) is 2.86. The van der Waals surface area contributed by atoms with Gasteiger partial charge in [0.25, 0.3) is 0 Å². The molecule has 0 unspecified atom stereocenters. The Bertz CT molecular complexity index is 566. The monoisotopic (exact) mass is 322 g/mol. The predicted octanol–water partition coefficient (Wildman–Crippen LogP) is 1.87. The second kappa shape index (κ2) is 6.76. The number of phenols is 1. The third-order valence-corrected chi connectivity index (χ3v) is 4.42. The van der Waals surface area contributed by atoms with Gasteiger partial charge < -0.3 is 10.8 Å². The number of halogens is 1. The van der Waals surface area contributed by atoms with E-state index in [0.717, 1.165) is 5.56 Å². The van der Waals surface area contributed by atoms with Gasteiger partial charge in [-0.2, -0.15) is 0 Å². The zero-order valence-corrected chi connectivity index (χ0v) is 13.9. The van der Waals surface area contributed by atoms with E-state index in [1.165, 1.54) is 6.07 Å². The van der Waals surface area contributed by atoms with Crippen LogP contribution >= 0.6 is 12.4 Å². The first-order valence-electron chi connectivity index (χ1n) is 6.19. The summed E-state index contributed by atoms with van der Waals surface area (Å²) in [6.45, 7) is 7.96. The highest BCUT2D eigenvalue weighted by Gasteiger charge is 2.24. The maximum atomic E-state index is 12.1.